The molecule has 0 saturated carbocycles. The minimum atomic E-state index is -4.76. The van der Waals surface area contributed by atoms with E-state index in [1.165, 1.54) is 30.3 Å². The van der Waals surface area contributed by atoms with E-state index in [0.717, 1.165) is 6.42 Å². The average molecular weight is 573 g/mol. The molecule has 0 spiro atoms. The molecular formula is C28H30F6N2O4. The Labute approximate surface area is 226 Å². The second-order valence-corrected chi connectivity index (χ2v) is 10.00. The van der Waals surface area contributed by atoms with Gasteiger partial charge in [-0.25, -0.2) is 4.79 Å². The Hall–Kier alpha value is -3.25. The van der Waals surface area contributed by atoms with Crippen molar-refractivity contribution in [3.63, 3.8) is 0 Å². The zero-order valence-corrected chi connectivity index (χ0v) is 22.0. The number of aryl methyl sites for hydroxylation is 1. The summed E-state index contributed by atoms with van der Waals surface area (Å²) in [5.41, 5.74) is -1.65. The first kappa shape index (κ1) is 29.7. The molecular weight excluding hydrogens is 542 g/mol. The lowest BCUT2D eigenvalue weighted by atomic mass is 9.93. The second-order valence-electron chi connectivity index (χ2n) is 10.00. The lowest BCUT2D eigenvalue weighted by molar-refractivity contribution is -0.274. The predicted octanol–water partition coefficient (Wildman–Crippen LogP) is 6.60. The van der Waals surface area contributed by atoms with Crippen LogP contribution >= 0.6 is 0 Å². The Kier molecular flexibility index (Phi) is 8.69. The van der Waals surface area contributed by atoms with Crippen LogP contribution in [0.5, 0.6) is 11.5 Å². The molecule has 0 bridgehead atoms. The fourth-order valence-electron chi connectivity index (χ4n) is 4.97. The van der Waals surface area contributed by atoms with Gasteiger partial charge in [-0.3, -0.25) is 10.2 Å². The first-order chi connectivity index (χ1) is 18.8. The summed E-state index contributed by atoms with van der Waals surface area (Å²) in [5.74, 6) is 0.113. The smallest absolute Gasteiger partial charge is 0.493 e. The van der Waals surface area contributed by atoms with E-state index in [0.29, 0.717) is 68.6 Å². The first-order valence-corrected chi connectivity index (χ1v) is 12.9. The minimum Gasteiger partial charge on any atom is -0.493 e. The number of nitrogens with zero attached hydrogens (tertiary/aromatic N) is 1. The van der Waals surface area contributed by atoms with Crippen molar-refractivity contribution in [2.24, 2.45) is 0 Å². The number of rotatable bonds is 10. The predicted molar refractivity (Wildman–Crippen MR) is 136 cm³/mol. The summed E-state index contributed by atoms with van der Waals surface area (Å²) in [6.45, 7) is 5.92. The van der Waals surface area contributed by atoms with Crippen LogP contribution in [0, 0.1) is 0 Å². The molecule has 40 heavy (non-hydrogen) atoms. The van der Waals surface area contributed by atoms with Crippen molar-refractivity contribution in [2.45, 2.75) is 57.6 Å². The molecule has 1 atom stereocenters. The monoisotopic (exact) mass is 572 g/mol. The maximum Gasteiger partial charge on any atom is 0.573 e. The highest BCUT2D eigenvalue weighted by atomic mass is 19.4. The van der Waals surface area contributed by atoms with Gasteiger partial charge < -0.3 is 13.9 Å². The van der Waals surface area contributed by atoms with Crippen LogP contribution in [-0.4, -0.2) is 37.6 Å². The molecule has 0 radical (unpaired) electrons. The fourth-order valence-corrected chi connectivity index (χ4v) is 4.97. The van der Waals surface area contributed by atoms with Crippen LogP contribution in [0.4, 0.5) is 26.3 Å². The summed E-state index contributed by atoms with van der Waals surface area (Å²) in [4.78, 5) is 14.0. The van der Waals surface area contributed by atoms with Crippen molar-refractivity contribution in [3.8, 4) is 11.5 Å². The number of hydrogen-bond acceptors (Lipinski definition) is 6. The SMILES string of the molecule is CCCc1c(OCCCCN2CNC(C)(c3cccc(OC(F)(F)F)c3)C2)ccc2c(C(F)(F)F)cc(=O)oc12. The molecule has 1 aromatic heterocycles. The standard InChI is InChI=1S/C28H30F6N2O4/c1-3-7-21-23(11-10-20-22(27(29,30)31)15-24(37)39-25(20)21)38-13-5-4-12-36-16-26(2,35-17-36)18-8-6-9-19(14-18)40-28(32,33)34/h6,8-11,14-15,35H,3-5,7,12-13,16-17H2,1-2H3. The number of alkyl halides is 6. The van der Waals surface area contributed by atoms with Gasteiger partial charge in [0.1, 0.15) is 17.1 Å². The molecule has 6 nitrogen and oxygen atoms in total. The third-order valence-electron chi connectivity index (χ3n) is 6.84. The van der Waals surface area contributed by atoms with Gasteiger partial charge in [0.05, 0.1) is 17.7 Å². The van der Waals surface area contributed by atoms with Gasteiger partial charge in [0.15, 0.2) is 0 Å². The van der Waals surface area contributed by atoms with Crippen LogP contribution < -0.4 is 20.4 Å². The normalized spacial score (nSPS) is 18.4. The lowest BCUT2D eigenvalue weighted by Gasteiger charge is -2.26. The number of ether oxygens (including phenoxy) is 2. The van der Waals surface area contributed by atoms with Gasteiger partial charge in [-0.1, -0.05) is 25.5 Å². The Morgan fingerprint density at radius 3 is 2.55 bits per heavy atom. The molecule has 2 aromatic carbocycles. The third-order valence-corrected chi connectivity index (χ3v) is 6.84. The second kappa shape index (κ2) is 11.7. The summed E-state index contributed by atoms with van der Waals surface area (Å²) >= 11 is 0. The Balaban J connectivity index is 1.35. The molecule has 0 amide bonds. The van der Waals surface area contributed by atoms with E-state index < -0.39 is 29.3 Å². The molecule has 1 N–H and O–H groups in total. The van der Waals surface area contributed by atoms with Crippen LogP contribution in [-0.2, 0) is 18.1 Å². The quantitative estimate of drug-likeness (QED) is 0.168. The largest absolute Gasteiger partial charge is 0.573 e. The molecule has 4 rings (SSSR count). The highest BCUT2D eigenvalue weighted by molar-refractivity contribution is 5.85. The highest BCUT2D eigenvalue weighted by Gasteiger charge is 2.37. The number of halogens is 6. The van der Waals surface area contributed by atoms with Crippen molar-refractivity contribution in [2.75, 3.05) is 26.4 Å². The number of fused-ring (bicyclic) bond motifs is 1. The molecule has 12 heteroatoms. The molecule has 1 aliphatic rings. The van der Waals surface area contributed by atoms with Crippen LogP contribution in [0.2, 0.25) is 0 Å². The van der Waals surface area contributed by atoms with E-state index in [2.05, 4.69) is 15.0 Å². The third kappa shape index (κ3) is 7.08. The maximum atomic E-state index is 13.5. The van der Waals surface area contributed by atoms with Gasteiger partial charge in [0.25, 0.3) is 0 Å². The Morgan fingerprint density at radius 2 is 1.85 bits per heavy atom. The van der Waals surface area contributed by atoms with Crippen molar-refractivity contribution < 1.29 is 40.2 Å². The van der Waals surface area contributed by atoms with Crippen molar-refractivity contribution in [1.29, 1.82) is 0 Å². The Morgan fingerprint density at radius 1 is 1.07 bits per heavy atom. The minimum absolute atomic E-state index is 0.105. The average Bonchev–Trinajstić information content (AvgIpc) is 3.25. The first-order valence-electron chi connectivity index (χ1n) is 12.9. The van der Waals surface area contributed by atoms with Crippen molar-refractivity contribution in [1.82, 2.24) is 10.2 Å². The van der Waals surface area contributed by atoms with Gasteiger partial charge in [0.2, 0.25) is 0 Å². The molecule has 1 unspecified atom stereocenters. The van der Waals surface area contributed by atoms with E-state index in [4.69, 9.17) is 9.15 Å². The van der Waals surface area contributed by atoms with E-state index >= 15 is 0 Å². The highest BCUT2D eigenvalue weighted by Crippen LogP contribution is 2.38. The van der Waals surface area contributed by atoms with E-state index in [1.54, 1.807) is 6.07 Å². The summed E-state index contributed by atoms with van der Waals surface area (Å²) in [7, 11) is 0. The lowest BCUT2D eigenvalue weighted by Crippen LogP contribution is -2.36. The van der Waals surface area contributed by atoms with Crippen LogP contribution in [0.3, 0.4) is 0 Å². The number of unbranched alkanes of at least 4 members (excludes halogenated alkanes) is 1. The molecule has 1 fully saturated rings. The zero-order chi connectivity index (χ0) is 29.1. The topological polar surface area (TPSA) is 63.9 Å². The van der Waals surface area contributed by atoms with Gasteiger partial charge in [-0.15, -0.1) is 13.2 Å². The summed E-state index contributed by atoms with van der Waals surface area (Å²) < 4.78 is 93.4. The Bertz CT molecular complexity index is 1390. The van der Waals surface area contributed by atoms with Gasteiger partial charge in [-0.2, -0.15) is 13.2 Å². The molecule has 218 valence electrons. The van der Waals surface area contributed by atoms with Gasteiger partial charge in [-0.05, 0) is 62.6 Å². The van der Waals surface area contributed by atoms with Crippen LogP contribution in [0.1, 0.15) is 49.8 Å². The maximum absolute atomic E-state index is 13.5. The summed E-state index contributed by atoms with van der Waals surface area (Å²) in [5, 5.41) is 3.18. The summed E-state index contributed by atoms with van der Waals surface area (Å²) in [6, 6.07) is 9.13. The van der Waals surface area contributed by atoms with Crippen LogP contribution in [0.25, 0.3) is 11.0 Å². The van der Waals surface area contributed by atoms with Gasteiger partial charge in [0, 0.05) is 30.2 Å². The number of benzene rings is 2. The van der Waals surface area contributed by atoms with Crippen molar-refractivity contribution in [3.05, 3.63) is 69.6 Å². The van der Waals surface area contributed by atoms with E-state index in [-0.39, 0.29) is 16.7 Å². The molecule has 1 aliphatic heterocycles. The van der Waals surface area contributed by atoms with Crippen molar-refractivity contribution >= 4 is 11.0 Å². The summed E-state index contributed by atoms with van der Waals surface area (Å²) in [6.07, 6.45) is -7.07. The fraction of sp³-hybridized carbons (Fsp3) is 0.464. The molecule has 1 saturated heterocycles. The number of hydrogen-bond donors (Lipinski definition) is 1. The molecule has 2 heterocycles. The molecule has 0 aliphatic carbocycles. The van der Waals surface area contributed by atoms with Crippen LogP contribution in [0.15, 0.2) is 51.7 Å². The van der Waals surface area contributed by atoms with E-state index in [1.807, 2.05) is 13.8 Å². The zero-order valence-electron chi connectivity index (χ0n) is 22.0. The molecule has 3 aromatic rings. The van der Waals surface area contributed by atoms with E-state index in [9.17, 15) is 31.1 Å². The number of nitrogens with one attached hydrogen (secondary N) is 1. The van der Waals surface area contributed by atoms with Gasteiger partial charge >= 0.3 is 18.2 Å².